The third-order valence-corrected chi connectivity index (χ3v) is 7.25. The lowest BCUT2D eigenvalue weighted by molar-refractivity contribution is -0.111. The number of amides is 2. The SMILES string of the molecule is Cc1ccc(C(=O)N2CCN(c3ccc(NC(=O)/C=C/c4ccc(-c5ccc(C)c(Cl)c5)o4)cc3)CC2)cc1. The van der Waals surface area contributed by atoms with E-state index in [1.165, 1.54) is 6.08 Å². The van der Waals surface area contributed by atoms with Gasteiger partial charge in [-0.2, -0.15) is 0 Å². The molecular weight excluding hydrogens is 510 g/mol. The van der Waals surface area contributed by atoms with Crippen molar-refractivity contribution in [3.63, 3.8) is 0 Å². The minimum atomic E-state index is -0.248. The highest BCUT2D eigenvalue weighted by Crippen LogP contribution is 2.27. The minimum absolute atomic E-state index is 0.0751. The monoisotopic (exact) mass is 539 g/mol. The summed E-state index contributed by atoms with van der Waals surface area (Å²) in [5, 5.41) is 3.56. The Morgan fingerprint density at radius 2 is 1.59 bits per heavy atom. The second-order valence-corrected chi connectivity index (χ2v) is 10.1. The van der Waals surface area contributed by atoms with Crippen LogP contribution in [0.2, 0.25) is 5.02 Å². The van der Waals surface area contributed by atoms with Crippen molar-refractivity contribution in [2.45, 2.75) is 13.8 Å². The van der Waals surface area contributed by atoms with Gasteiger partial charge in [-0.1, -0.05) is 41.4 Å². The molecule has 0 aliphatic carbocycles. The number of furan rings is 1. The van der Waals surface area contributed by atoms with Gasteiger partial charge in [-0.05, 0) is 80.1 Å². The molecule has 0 radical (unpaired) electrons. The third kappa shape index (κ3) is 6.41. The zero-order chi connectivity index (χ0) is 27.4. The van der Waals surface area contributed by atoms with Gasteiger partial charge in [0.2, 0.25) is 5.91 Å². The number of rotatable bonds is 6. The van der Waals surface area contributed by atoms with Gasteiger partial charge in [-0.15, -0.1) is 0 Å². The summed E-state index contributed by atoms with van der Waals surface area (Å²) in [5.74, 6) is 1.09. The summed E-state index contributed by atoms with van der Waals surface area (Å²) in [7, 11) is 0. The van der Waals surface area contributed by atoms with Crippen molar-refractivity contribution in [1.29, 1.82) is 0 Å². The maximum atomic E-state index is 12.8. The lowest BCUT2D eigenvalue weighted by Gasteiger charge is -2.36. The largest absolute Gasteiger partial charge is 0.457 e. The van der Waals surface area contributed by atoms with Gasteiger partial charge in [0, 0.05) is 59.8 Å². The van der Waals surface area contributed by atoms with Gasteiger partial charge in [-0.3, -0.25) is 9.59 Å². The van der Waals surface area contributed by atoms with Crippen LogP contribution in [-0.2, 0) is 4.79 Å². The first-order chi connectivity index (χ1) is 18.9. The molecule has 39 heavy (non-hydrogen) atoms. The van der Waals surface area contributed by atoms with Gasteiger partial charge in [0.1, 0.15) is 11.5 Å². The molecule has 0 atom stereocenters. The van der Waals surface area contributed by atoms with Gasteiger partial charge >= 0.3 is 0 Å². The van der Waals surface area contributed by atoms with Crippen LogP contribution < -0.4 is 10.2 Å². The lowest BCUT2D eigenvalue weighted by atomic mass is 10.1. The zero-order valence-corrected chi connectivity index (χ0v) is 22.7. The molecule has 0 saturated carbocycles. The van der Waals surface area contributed by atoms with E-state index < -0.39 is 0 Å². The van der Waals surface area contributed by atoms with Crippen LogP contribution >= 0.6 is 11.6 Å². The topological polar surface area (TPSA) is 65.8 Å². The molecule has 1 N–H and O–H groups in total. The van der Waals surface area contributed by atoms with Crippen molar-refractivity contribution in [2.24, 2.45) is 0 Å². The molecule has 1 aromatic heterocycles. The molecule has 2 heterocycles. The molecule has 0 spiro atoms. The van der Waals surface area contributed by atoms with Crippen LogP contribution in [0.15, 0.2) is 89.4 Å². The molecule has 1 fully saturated rings. The van der Waals surface area contributed by atoms with Gasteiger partial charge in [0.05, 0.1) is 0 Å². The molecule has 5 rings (SSSR count). The number of hydrogen-bond donors (Lipinski definition) is 1. The Bertz CT molecular complexity index is 1500. The zero-order valence-electron chi connectivity index (χ0n) is 22.0. The molecule has 4 aromatic rings. The number of anilines is 2. The number of nitrogens with one attached hydrogen (secondary N) is 1. The van der Waals surface area contributed by atoms with E-state index in [1.807, 2.05) is 97.6 Å². The van der Waals surface area contributed by atoms with Gasteiger partial charge in [-0.25, -0.2) is 0 Å². The van der Waals surface area contributed by atoms with Crippen LogP contribution in [0.1, 0.15) is 27.2 Å². The van der Waals surface area contributed by atoms with Crippen LogP contribution in [0.4, 0.5) is 11.4 Å². The molecule has 0 unspecified atom stereocenters. The summed E-state index contributed by atoms with van der Waals surface area (Å²) < 4.78 is 5.84. The Kier molecular flexibility index (Phi) is 7.84. The van der Waals surface area contributed by atoms with E-state index in [2.05, 4.69) is 10.2 Å². The molecule has 1 aliphatic heterocycles. The van der Waals surface area contributed by atoms with Crippen molar-refractivity contribution in [1.82, 2.24) is 4.90 Å². The normalized spacial score (nSPS) is 13.6. The van der Waals surface area contributed by atoms with E-state index in [-0.39, 0.29) is 11.8 Å². The van der Waals surface area contributed by atoms with Gasteiger partial charge in [0.15, 0.2) is 0 Å². The Balaban J connectivity index is 1.12. The van der Waals surface area contributed by atoms with E-state index in [9.17, 15) is 9.59 Å². The summed E-state index contributed by atoms with van der Waals surface area (Å²) in [5.41, 5.74) is 5.52. The maximum Gasteiger partial charge on any atom is 0.253 e. The van der Waals surface area contributed by atoms with E-state index in [1.54, 1.807) is 6.08 Å². The standard InChI is InChI=1S/C32H30ClN3O3/c1-22-3-6-24(7-4-22)32(38)36-19-17-35(18-20-36)27-11-9-26(10-12-27)34-31(37)16-14-28-13-15-30(39-28)25-8-5-23(2)29(33)21-25/h3-16,21H,17-20H2,1-2H3,(H,34,37)/b16-14+. The number of piperazine rings is 1. The Labute approximate surface area is 233 Å². The Morgan fingerprint density at radius 3 is 2.28 bits per heavy atom. The average Bonchev–Trinajstić information content (AvgIpc) is 3.43. The fourth-order valence-corrected chi connectivity index (χ4v) is 4.67. The highest BCUT2D eigenvalue weighted by atomic mass is 35.5. The highest BCUT2D eigenvalue weighted by molar-refractivity contribution is 6.31. The summed E-state index contributed by atoms with van der Waals surface area (Å²) in [6, 6.07) is 24.9. The molecule has 1 aliphatic rings. The lowest BCUT2D eigenvalue weighted by Crippen LogP contribution is -2.48. The number of aryl methyl sites for hydroxylation is 2. The van der Waals surface area contributed by atoms with Crippen LogP contribution in [0.25, 0.3) is 17.4 Å². The maximum absolute atomic E-state index is 12.8. The summed E-state index contributed by atoms with van der Waals surface area (Å²) in [6.45, 7) is 6.81. The predicted molar refractivity (Wildman–Crippen MR) is 157 cm³/mol. The second kappa shape index (κ2) is 11.6. The fourth-order valence-electron chi connectivity index (χ4n) is 4.49. The van der Waals surface area contributed by atoms with Crippen molar-refractivity contribution in [2.75, 3.05) is 36.4 Å². The molecule has 0 bridgehead atoms. The number of nitrogens with zero attached hydrogens (tertiary/aromatic N) is 2. The van der Waals surface area contributed by atoms with Crippen molar-refractivity contribution in [3.05, 3.63) is 112 Å². The van der Waals surface area contributed by atoms with E-state index >= 15 is 0 Å². The van der Waals surface area contributed by atoms with Crippen LogP contribution in [-0.4, -0.2) is 42.9 Å². The predicted octanol–water partition coefficient (Wildman–Crippen LogP) is 6.83. The molecule has 3 aromatic carbocycles. The number of benzene rings is 3. The van der Waals surface area contributed by atoms with Crippen LogP contribution in [0.5, 0.6) is 0 Å². The first-order valence-corrected chi connectivity index (χ1v) is 13.3. The van der Waals surface area contributed by atoms with Crippen LogP contribution in [0, 0.1) is 13.8 Å². The van der Waals surface area contributed by atoms with Crippen molar-refractivity contribution in [3.8, 4) is 11.3 Å². The van der Waals surface area contributed by atoms with E-state index in [4.69, 9.17) is 16.0 Å². The quantitative estimate of drug-likeness (QED) is 0.273. The number of carbonyl (C=O) groups excluding carboxylic acids is 2. The highest BCUT2D eigenvalue weighted by Gasteiger charge is 2.22. The molecule has 198 valence electrons. The minimum Gasteiger partial charge on any atom is -0.457 e. The summed E-state index contributed by atoms with van der Waals surface area (Å²) in [6.07, 6.45) is 3.09. The smallest absolute Gasteiger partial charge is 0.253 e. The average molecular weight is 540 g/mol. The molecule has 2 amide bonds. The number of halogens is 1. The molecule has 7 heteroatoms. The Hall–Kier alpha value is -4.29. The number of carbonyl (C=O) groups is 2. The van der Waals surface area contributed by atoms with Gasteiger partial charge in [0.25, 0.3) is 5.91 Å². The summed E-state index contributed by atoms with van der Waals surface area (Å²) >= 11 is 6.22. The third-order valence-electron chi connectivity index (χ3n) is 6.85. The van der Waals surface area contributed by atoms with Gasteiger partial charge < -0.3 is 19.5 Å². The van der Waals surface area contributed by atoms with Crippen molar-refractivity contribution >= 4 is 40.9 Å². The van der Waals surface area contributed by atoms with Crippen LogP contribution in [0.3, 0.4) is 0 Å². The molecular formula is C32H30ClN3O3. The van der Waals surface area contributed by atoms with E-state index in [0.29, 0.717) is 35.3 Å². The first kappa shape index (κ1) is 26.3. The Morgan fingerprint density at radius 1 is 0.872 bits per heavy atom. The summed E-state index contributed by atoms with van der Waals surface area (Å²) in [4.78, 5) is 29.4. The first-order valence-electron chi connectivity index (χ1n) is 12.9. The molecule has 1 saturated heterocycles. The van der Waals surface area contributed by atoms with E-state index in [0.717, 1.165) is 41.0 Å². The fraction of sp³-hybridized carbons (Fsp3) is 0.188. The number of hydrogen-bond acceptors (Lipinski definition) is 4. The van der Waals surface area contributed by atoms with Crippen molar-refractivity contribution < 1.29 is 14.0 Å². The molecule has 6 nitrogen and oxygen atoms in total. The second-order valence-electron chi connectivity index (χ2n) is 9.68.